The molecule has 100 valence electrons. The highest BCUT2D eigenvalue weighted by Gasteiger charge is 2.05. The lowest BCUT2D eigenvalue weighted by atomic mass is 10.1. The molecule has 0 heterocycles. The maximum absolute atomic E-state index is 5.97. The highest BCUT2D eigenvalue weighted by atomic mass is 79.9. The first-order valence-electron chi connectivity index (χ1n) is 6.01. The van der Waals surface area contributed by atoms with Crippen LogP contribution in [0.3, 0.4) is 0 Å². The van der Waals surface area contributed by atoms with E-state index in [1.54, 1.807) is 6.07 Å². The summed E-state index contributed by atoms with van der Waals surface area (Å²) in [5, 5.41) is 0.677. The van der Waals surface area contributed by atoms with Gasteiger partial charge >= 0.3 is 0 Å². The number of hydrogen-bond acceptors (Lipinski definition) is 2. The third kappa shape index (κ3) is 4.23. The van der Waals surface area contributed by atoms with Gasteiger partial charge in [-0.1, -0.05) is 45.7 Å². The fourth-order valence-electron chi connectivity index (χ4n) is 2.00. The van der Waals surface area contributed by atoms with Gasteiger partial charge in [-0.25, -0.2) is 0 Å². The normalized spacial score (nSPS) is 10.9. The molecular weight excluding hydrogens is 324 g/mol. The summed E-state index contributed by atoms with van der Waals surface area (Å²) in [5.41, 5.74) is 9.08. The second-order valence-corrected chi connectivity index (χ2v) is 6.00. The lowest BCUT2D eigenvalue weighted by Crippen LogP contribution is -2.18. The smallest absolute Gasteiger partial charge is 0.0426 e. The Labute approximate surface area is 127 Å². The minimum absolute atomic E-state index is 0.677. The van der Waals surface area contributed by atoms with Crippen LogP contribution in [0.4, 0.5) is 5.69 Å². The van der Waals surface area contributed by atoms with Gasteiger partial charge in [0.2, 0.25) is 0 Å². The van der Waals surface area contributed by atoms with E-state index in [1.807, 2.05) is 24.3 Å². The van der Waals surface area contributed by atoms with Crippen LogP contribution >= 0.6 is 27.5 Å². The summed E-state index contributed by atoms with van der Waals surface area (Å²) in [6.45, 7) is 1.68. The average Bonchev–Trinajstić information content (AvgIpc) is 2.33. The van der Waals surface area contributed by atoms with E-state index < -0.39 is 0 Å². The molecule has 0 radical (unpaired) electrons. The fourth-order valence-corrected chi connectivity index (χ4v) is 2.63. The Hall–Kier alpha value is -1.03. The summed E-state index contributed by atoms with van der Waals surface area (Å²) < 4.78 is 1.10. The molecule has 0 aliphatic rings. The monoisotopic (exact) mass is 338 g/mol. The van der Waals surface area contributed by atoms with Crippen molar-refractivity contribution in [1.29, 1.82) is 0 Å². The molecule has 0 amide bonds. The van der Waals surface area contributed by atoms with Crippen LogP contribution in [0.1, 0.15) is 11.1 Å². The Bertz CT molecular complexity index is 572. The molecule has 0 saturated heterocycles. The number of nitrogen functional groups attached to an aromatic ring is 1. The first-order valence-corrected chi connectivity index (χ1v) is 7.18. The van der Waals surface area contributed by atoms with Crippen LogP contribution in [0, 0.1) is 0 Å². The van der Waals surface area contributed by atoms with Crippen LogP contribution in [0.2, 0.25) is 5.02 Å². The van der Waals surface area contributed by atoms with Crippen molar-refractivity contribution in [3.8, 4) is 0 Å². The van der Waals surface area contributed by atoms with Gasteiger partial charge in [-0.15, -0.1) is 0 Å². The van der Waals surface area contributed by atoms with Crippen molar-refractivity contribution >= 4 is 33.2 Å². The van der Waals surface area contributed by atoms with E-state index in [0.29, 0.717) is 5.02 Å². The van der Waals surface area contributed by atoms with E-state index in [9.17, 15) is 0 Å². The maximum Gasteiger partial charge on any atom is 0.0426 e. The van der Waals surface area contributed by atoms with Crippen LogP contribution in [0.25, 0.3) is 0 Å². The van der Waals surface area contributed by atoms with Crippen molar-refractivity contribution < 1.29 is 0 Å². The molecule has 4 heteroatoms. The molecule has 0 bridgehead atoms. The minimum atomic E-state index is 0.677. The largest absolute Gasteiger partial charge is 0.398 e. The van der Waals surface area contributed by atoms with E-state index in [2.05, 4.69) is 40.0 Å². The zero-order chi connectivity index (χ0) is 13.8. The molecule has 0 unspecified atom stereocenters. The molecule has 2 nitrogen and oxygen atoms in total. The van der Waals surface area contributed by atoms with Gasteiger partial charge < -0.3 is 5.73 Å². The third-order valence-corrected chi connectivity index (χ3v) is 3.62. The van der Waals surface area contributed by atoms with E-state index in [0.717, 1.165) is 28.8 Å². The summed E-state index contributed by atoms with van der Waals surface area (Å²) in [6, 6.07) is 14.0. The van der Waals surface area contributed by atoms with Crippen LogP contribution in [0.15, 0.2) is 46.9 Å². The quantitative estimate of drug-likeness (QED) is 0.841. The lowest BCUT2D eigenvalue weighted by molar-refractivity contribution is 0.319. The number of hydrogen-bond donors (Lipinski definition) is 1. The molecule has 0 fully saturated rings. The van der Waals surface area contributed by atoms with Gasteiger partial charge in [-0.2, -0.15) is 0 Å². The van der Waals surface area contributed by atoms with Crippen LogP contribution < -0.4 is 5.73 Å². The number of halogens is 2. The molecule has 0 atom stereocenters. The first-order chi connectivity index (χ1) is 9.04. The fraction of sp³-hybridized carbons (Fsp3) is 0.200. The van der Waals surface area contributed by atoms with Crippen molar-refractivity contribution in [2.45, 2.75) is 13.1 Å². The lowest BCUT2D eigenvalue weighted by Gasteiger charge is -2.18. The van der Waals surface area contributed by atoms with Crippen molar-refractivity contribution in [3.63, 3.8) is 0 Å². The van der Waals surface area contributed by atoms with E-state index in [1.165, 1.54) is 5.56 Å². The number of benzene rings is 2. The molecule has 0 saturated carbocycles. The third-order valence-electron chi connectivity index (χ3n) is 2.89. The molecule has 0 aliphatic carbocycles. The highest BCUT2D eigenvalue weighted by molar-refractivity contribution is 9.10. The molecule has 2 aromatic rings. The zero-order valence-electron chi connectivity index (χ0n) is 10.7. The minimum Gasteiger partial charge on any atom is -0.398 e. The Morgan fingerprint density at radius 3 is 2.63 bits per heavy atom. The average molecular weight is 340 g/mol. The van der Waals surface area contributed by atoms with Crippen molar-refractivity contribution in [2.24, 2.45) is 0 Å². The van der Waals surface area contributed by atoms with Crippen molar-refractivity contribution in [1.82, 2.24) is 4.90 Å². The molecule has 2 N–H and O–H groups in total. The van der Waals surface area contributed by atoms with Gasteiger partial charge in [-0.05, 0) is 42.4 Å². The van der Waals surface area contributed by atoms with E-state index >= 15 is 0 Å². The van der Waals surface area contributed by atoms with Gasteiger partial charge in [0.25, 0.3) is 0 Å². The number of rotatable bonds is 4. The Morgan fingerprint density at radius 1 is 1.16 bits per heavy atom. The Kier molecular flexibility index (Phi) is 4.86. The van der Waals surface area contributed by atoms with Crippen molar-refractivity contribution in [3.05, 3.63) is 63.1 Å². The summed E-state index contributed by atoms with van der Waals surface area (Å²) in [4.78, 5) is 2.22. The first kappa shape index (κ1) is 14.4. The molecule has 0 aromatic heterocycles. The SMILES string of the molecule is CN(Cc1cccc(Br)c1)Cc1ccc(Cl)cc1N. The molecule has 2 aromatic carbocycles. The number of nitrogens with two attached hydrogens (primary N) is 1. The highest BCUT2D eigenvalue weighted by Crippen LogP contribution is 2.20. The van der Waals surface area contributed by atoms with Gasteiger partial charge in [0.1, 0.15) is 0 Å². The van der Waals surface area contributed by atoms with Gasteiger partial charge in [0.05, 0.1) is 0 Å². The van der Waals surface area contributed by atoms with Gasteiger partial charge in [0.15, 0.2) is 0 Å². The number of anilines is 1. The van der Waals surface area contributed by atoms with Crippen LogP contribution in [-0.4, -0.2) is 11.9 Å². The van der Waals surface area contributed by atoms with Crippen LogP contribution in [0.5, 0.6) is 0 Å². The van der Waals surface area contributed by atoms with Gasteiger partial charge in [-0.3, -0.25) is 4.90 Å². The Morgan fingerprint density at radius 2 is 1.95 bits per heavy atom. The number of nitrogens with zero attached hydrogens (tertiary/aromatic N) is 1. The van der Waals surface area contributed by atoms with Crippen molar-refractivity contribution in [2.75, 3.05) is 12.8 Å². The molecule has 19 heavy (non-hydrogen) atoms. The van der Waals surface area contributed by atoms with Crippen LogP contribution in [-0.2, 0) is 13.1 Å². The second kappa shape index (κ2) is 6.42. The Balaban J connectivity index is 2.03. The summed E-state index contributed by atoms with van der Waals surface area (Å²) >= 11 is 9.39. The standard InChI is InChI=1S/C15H16BrClN2/c1-19(9-11-3-2-4-13(16)7-11)10-12-5-6-14(17)8-15(12)18/h2-8H,9-10,18H2,1H3. The second-order valence-electron chi connectivity index (χ2n) is 4.65. The molecule has 2 rings (SSSR count). The van der Waals surface area contributed by atoms with Gasteiger partial charge in [0, 0.05) is 28.3 Å². The predicted octanol–water partition coefficient (Wildman–Crippen LogP) is 4.32. The summed E-state index contributed by atoms with van der Waals surface area (Å²) in [7, 11) is 2.08. The topological polar surface area (TPSA) is 29.3 Å². The van der Waals surface area contributed by atoms with E-state index in [-0.39, 0.29) is 0 Å². The maximum atomic E-state index is 5.97. The molecule has 0 spiro atoms. The molecular formula is C15H16BrClN2. The summed E-state index contributed by atoms with van der Waals surface area (Å²) in [6.07, 6.45) is 0. The predicted molar refractivity (Wildman–Crippen MR) is 85.2 cm³/mol. The zero-order valence-corrected chi connectivity index (χ0v) is 13.1. The van der Waals surface area contributed by atoms with E-state index in [4.69, 9.17) is 17.3 Å². The molecule has 0 aliphatic heterocycles. The summed E-state index contributed by atoms with van der Waals surface area (Å²) in [5.74, 6) is 0.